The second-order valence-corrected chi connectivity index (χ2v) is 11.5. The van der Waals surface area contributed by atoms with Gasteiger partial charge in [0.05, 0.1) is 29.7 Å². The van der Waals surface area contributed by atoms with Gasteiger partial charge < -0.3 is 30.5 Å². The maximum absolute atomic E-state index is 14.1. The third kappa shape index (κ3) is 4.43. The van der Waals surface area contributed by atoms with Gasteiger partial charge >= 0.3 is 0 Å². The number of phenolic OH excluding ortho intramolecular Hbond substituents is 1. The highest BCUT2D eigenvalue weighted by Crippen LogP contribution is 2.52. The van der Waals surface area contributed by atoms with Gasteiger partial charge in [0.1, 0.15) is 5.75 Å². The summed E-state index contributed by atoms with van der Waals surface area (Å²) < 4.78 is 5.02. The normalized spacial score (nSPS) is 29.1. The summed E-state index contributed by atoms with van der Waals surface area (Å²) in [6.07, 6.45) is 0.0405. The molecule has 2 saturated carbocycles. The van der Waals surface area contributed by atoms with Gasteiger partial charge in [0, 0.05) is 46.4 Å². The Morgan fingerprint density at radius 1 is 1.10 bits per heavy atom. The molecule has 2 fully saturated rings. The number of anilines is 1. The van der Waals surface area contributed by atoms with Crippen LogP contribution in [0.2, 0.25) is 0 Å². The first-order chi connectivity index (χ1) is 19.1. The van der Waals surface area contributed by atoms with Crippen molar-refractivity contribution in [2.24, 2.45) is 29.4 Å². The maximum atomic E-state index is 14.1. The molecule has 2 unspecified atom stereocenters. The third-order valence-corrected chi connectivity index (χ3v) is 8.73. The topological polar surface area (TPSA) is 188 Å². The molecular formula is C28H36N4O9. The fourth-order valence-electron chi connectivity index (χ4n) is 6.75. The van der Waals surface area contributed by atoms with Gasteiger partial charge in [-0.25, -0.2) is 0 Å². The molecule has 0 heterocycles. The number of methoxy groups -OCH3 is 1. The molecule has 0 bridgehead atoms. The number of primary amides is 1. The third-order valence-electron chi connectivity index (χ3n) is 8.73. The summed E-state index contributed by atoms with van der Waals surface area (Å²) in [5, 5.41) is 23.0. The molecule has 222 valence electrons. The molecule has 13 nitrogen and oxygen atoms in total. The van der Waals surface area contributed by atoms with Crippen LogP contribution in [0.5, 0.6) is 5.75 Å². The van der Waals surface area contributed by atoms with E-state index in [1.165, 1.54) is 44.1 Å². The van der Waals surface area contributed by atoms with E-state index in [0.29, 0.717) is 11.3 Å². The second-order valence-electron chi connectivity index (χ2n) is 11.5. The fraction of sp³-hybridized carbons (Fsp3) is 0.571. The predicted molar refractivity (Wildman–Crippen MR) is 145 cm³/mol. The smallest absolute Gasteiger partial charge is 0.257 e. The van der Waals surface area contributed by atoms with Crippen LogP contribution in [-0.2, 0) is 30.3 Å². The van der Waals surface area contributed by atoms with Crippen LogP contribution in [0.1, 0.15) is 32.7 Å². The molecule has 0 saturated heterocycles. The summed E-state index contributed by atoms with van der Waals surface area (Å²) in [7, 11) is 9.47. The van der Waals surface area contributed by atoms with Gasteiger partial charge in [-0.15, -0.1) is 0 Å². The van der Waals surface area contributed by atoms with Gasteiger partial charge in [0.15, 0.2) is 34.7 Å². The minimum absolute atomic E-state index is 0.0576. The Hall–Kier alpha value is -3.68. The summed E-state index contributed by atoms with van der Waals surface area (Å²) in [5.74, 6) is -12.1. The molecule has 0 aromatic heterocycles. The molecule has 6 atom stereocenters. The highest BCUT2D eigenvalue weighted by atomic mass is 16.5. The molecule has 13 heteroatoms. The van der Waals surface area contributed by atoms with E-state index in [2.05, 4.69) is 0 Å². The van der Waals surface area contributed by atoms with E-state index in [1.807, 2.05) is 0 Å². The number of nitrogens with zero attached hydrogens (tertiary/aromatic N) is 3. The Balaban J connectivity index is 1.87. The van der Waals surface area contributed by atoms with Gasteiger partial charge in [-0.05, 0) is 44.5 Å². The molecule has 3 aliphatic carbocycles. The second kappa shape index (κ2) is 10.6. The van der Waals surface area contributed by atoms with Gasteiger partial charge in [-0.3, -0.25) is 33.7 Å². The van der Waals surface area contributed by atoms with Gasteiger partial charge in [0.25, 0.3) is 5.91 Å². The number of aliphatic hydroxyl groups is 1. The zero-order valence-electron chi connectivity index (χ0n) is 24.0. The largest absolute Gasteiger partial charge is 0.506 e. The molecule has 4 rings (SSSR count). The molecular weight excluding hydrogens is 536 g/mol. The first kappa shape index (κ1) is 30.3. The monoisotopic (exact) mass is 572 g/mol. The minimum atomic E-state index is -2.81. The molecule has 41 heavy (non-hydrogen) atoms. The van der Waals surface area contributed by atoms with Crippen LogP contribution in [0.25, 0.3) is 0 Å². The van der Waals surface area contributed by atoms with E-state index in [9.17, 15) is 39.0 Å². The zero-order valence-corrected chi connectivity index (χ0v) is 24.0. The van der Waals surface area contributed by atoms with E-state index in [-0.39, 0.29) is 37.1 Å². The van der Waals surface area contributed by atoms with Crippen molar-refractivity contribution < 1.29 is 43.7 Å². The summed E-state index contributed by atoms with van der Waals surface area (Å²) >= 11 is 0. The van der Waals surface area contributed by atoms with E-state index in [0.717, 1.165) is 0 Å². The number of amides is 2. The summed E-state index contributed by atoms with van der Waals surface area (Å²) in [4.78, 5) is 84.5. The van der Waals surface area contributed by atoms with Crippen LogP contribution in [-0.4, -0.2) is 122 Å². The van der Waals surface area contributed by atoms with Crippen molar-refractivity contribution in [2.45, 2.75) is 24.5 Å². The molecule has 3 aliphatic rings. The number of phenols is 1. The fourth-order valence-corrected chi connectivity index (χ4v) is 6.75. The first-order valence-electron chi connectivity index (χ1n) is 13.3. The molecule has 1 aromatic carbocycles. The number of aromatic hydroxyl groups is 1. The number of carbonyl (C=O) groups is 6. The average Bonchev–Trinajstić information content (AvgIpc) is 2.88. The van der Waals surface area contributed by atoms with Crippen molar-refractivity contribution in [1.82, 2.24) is 9.80 Å². The predicted octanol–water partition coefficient (Wildman–Crippen LogP) is -1.35. The zero-order chi connectivity index (χ0) is 30.7. The van der Waals surface area contributed by atoms with Crippen molar-refractivity contribution in [3.05, 3.63) is 22.8 Å². The van der Waals surface area contributed by atoms with E-state index in [4.69, 9.17) is 10.5 Å². The molecule has 1 aromatic rings. The van der Waals surface area contributed by atoms with Crippen molar-refractivity contribution in [3.63, 3.8) is 0 Å². The van der Waals surface area contributed by atoms with Gasteiger partial charge in [0.2, 0.25) is 5.91 Å². The van der Waals surface area contributed by atoms with Crippen molar-refractivity contribution in [2.75, 3.05) is 60.4 Å². The minimum Gasteiger partial charge on any atom is -0.506 e. The highest BCUT2D eigenvalue weighted by Gasteiger charge is 2.69. The van der Waals surface area contributed by atoms with Crippen LogP contribution in [0.4, 0.5) is 5.69 Å². The molecule has 2 amide bonds. The van der Waals surface area contributed by atoms with Crippen LogP contribution in [0.15, 0.2) is 6.07 Å². The van der Waals surface area contributed by atoms with Gasteiger partial charge in [-0.1, -0.05) is 0 Å². The number of hydrogen-bond acceptors (Lipinski definition) is 11. The standard InChI is InChI=1S/C28H36N4O9/c1-30(2)16-11-14(27(39)32(5)7-8-41-6)21(33)18-13(16)9-12-10-15-20(31(3)4)23(35)19(26(29)38)25(37)28(15,40)24(36)17(12)22(18)34/h11-12,15,17,19-20,33,40H,7-10H2,1-6H3,(H2,29,38)/t12-,15-,17?,19?,20-,28-/m0/s1. The van der Waals surface area contributed by atoms with Crippen LogP contribution in [0.3, 0.4) is 0 Å². The van der Waals surface area contributed by atoms with Crippen LogP contribution in [0, 0.1) is 23.7 Å². The van der Waals surface area contributed by atoms with Crippen molar-refractivity contribution in [3.8, 4) is 5.75 Å². The number of Topliss-reactive ketones (excluding diaryl/α,β-unsaturated/α-hetero) is 4. The SMILES string of the molecule is COCCN(C)C(=O)c1cc(N(C)C)c2c(c1O)C(=O)C1C(=O)[C@]3(O)C(=O)C(C(N)=O)C(=O)[C@@H](N(C)C)[C@@H]3C[C@@H]1C2. The van der Waals surface area contributed by atoms with E-state index >= 15 is 0 Å². The number of nitrogens with two attached hydrogens (primary N) is 1. The Kier molecular flexibility index (Phi) is 7.84. The summed E-state index contributed by atoms with van der Waals surface area (Å²) in [6, 6.07) is 0.309. The Morgan fingerprint density at radius 3 is 2.27 bits per heavy atom. The van der Waals surface area contributed by atoms with Crippen molar-refractivity contribution in [1.29, 1.82) is 0 Å². The quantitative estimate of drug-likeness (QED) is 0.328. The maximum Gasteiger partial charge on any atom is 0.257 e. The lowest BCUT2D eigenvalue weighted by Gasteiger charge is -2.52. The summed E-state index contributed by atoms with van der Waals surface area (Å²) in [6.45, 7) is 0.450. The number of fused-ring (bicyclic) bond motifs is 3. The molecule has 0 radical (unpaired) electrons. The Labute approximate surface area is 237 Å². The van der Waals surface area contributed by atoms with Crippen molar-refractivity contribution >= 4 is 40.6 Å². The number of ether oxygens (including phenoxy) is 1. The number of rotatable bonds is 7. The lowest BCUT2D eigenvalue weighted by Crippen LogP contribution is -2.74. The molecule has 4 N–H and O–H groups in total. The number of carbonyl (C=O) groups excluding carboxylic acids is 6. The number of ketones is 4. The Morgan fingerprint density at radius 2 is 1.73 bits per heavy atom. The lowest BCUT2D eigenvalue weighted by molar-refractivity contribution is -0.181. The van der Waals surface area contributed by atoms with E-state index < -0.39 is 76.0 Å². The van der Waals surface area contributed by atoms with Gasteiger partial charge in [-0.2, -0.15) is 0 Å². The number of benzene rings is 1. The highest BCUT2D eigenvalue weighted by molar-refractivity contribution is 6.32. The first-order valence-corrected chi connectivity index (χ1v) is 13.3. The Bertz CT molecular complexity index is 1360. The summed E-state index contributed by atoms with van der Waals surface area (Å²) in [5.41, 5.74) is 3.05. The van der Waals surface area contributed by atoms with E-state index in [1.54, 1.807) is 19.0 Å². The van der Waals surface area contributed by atoms with Crippen LogP contribution < -0.4 is 10.6 Å². The average molecular weight is 573 g/mol. The van der Waals surface area contributed by atoms with Crippen LogP contribution >= 0.6 is 0 Å². The number of likely N-dealkylation sites (N-methyl/N-ethyl adjacent to an activating group) is 2. The lowest BCUT2D eigenvalue weighted by atomic mass is 9.52. The number of hydrogen-bond donors (Lipinski definition) is 3. The molecule has 0 spiro atoms. The molecule has 0 aliphatic heterocycles.